The second-order valence-corrected chi connectivity index (χ2v) is 6.80. The van der Waals surface area contributed by atoms with Gasteiger partial charge in [0.1, 0.15) is 5.76 Å². The highest BCUT2D eigenvalue weighted by atomic mass is 32.2. The maximum absolute atomic E-state index is 5.36. The summed E-state index contributed by atoms with van der Waals surface area (Å²) in [6.45, 7) is 2.81. The van der Waals surface area contributed by atoms with E-state index in [0.29, 0.717) is 12.5 Å². The first-order valence-corrected chi connectivity index (χ1v) is 8.99. The molecular formula is C18H23N3OS. The van der Waals surface area contributed by atoms with Gasteiger partial charge in [-0.25, -0.2) is 0 Å². The molecular weight excluding hydrogens is 306 g/mol. The zero-order chi connectivity index (χ0) is 15.9. The Labute approximate surface area is 142 Å². The first kappa shape index (κ1) is 16.0. The standard InChI is InChI=1S/C18H23N3OS/c1-19-18(20-12-16-6-5-11-22-16)21-10-9-15(13-21)14-23-17-7-3-2-4-8-17/h2-8,11,15H,9-10,12-14H2,1H3,(H,19,20). The van der Waals surface area contributed by atoms with Gasteiger partial charge in [0, 0.05) is 30.8 Å². The minimum atomic E-state index is 0.680. The van der Waals surface area contributed by atoms with Crippen molar-refractivity contribution >= 4 is 17.7 Å². The van der Waals surface area contributed by atoms with Gasteiger partial charge >= 0.3 is 0 Å². The molecule has 0 radical (unpaired) electrons. The van der Waals surface area contributed by atoms with Crippen LogP contribution < -0.4 is 5.32 Å². The van der Waals surface area contributed by atoms with Gasteiger partial charge < -0.3 is 14.6 Å². The summed E-state index contributed by atoms with van der Waals surface area (Å²) in [5.41, 5.74) is 0. The largest absolute Gasteiger partial charge is 0.467 e. The molecule has 2 aromatic rings. The molecule has 4 nitrogen and oxygen atoms in total. The fourth-order valence-electron chi connectivity index (χ4n) is 2.80. The lowest BCUT2D eigenvalue weighted by atomic mass is 10.2. The number of guanidine groups is 1. The topological polar surface area (TPSA) is 40.8 Å². The number of nitrogens with one attached hydrogen (secondary N) is 1. The van der Waals surface area contributed by atoms with Gasteiger partial charge in [-0.2, -0.15) is 0 Å². The zero-order valence-electron chi connectivity index (χ0n) is 13.4. The van der Waals surface area contributed by atoms with Crippen LogP contribution in [-0.4, -0.2) is 36.7 Å². The van der Waals surface area contributed by atoms with Crippen LogP contribution in [-0.2, 0) is 6.54 Å². The smallest absolute Gasteiger partial charge is 0.194 e. The molecule has 2 heterocycles. The minimum Gasteiger partial charge on any atom is -0.467 e. The molecule has 1 aromatic heterocycles. The Balaban J connectivity index is 1.46. The number of benzene rings is 1. The molecule has 1 fully saturated rings. The number of likely N-dealkylation sites (tertiary alicyclic amines) is 1. The Morgan fingerprint density at radius 3 is 2.91 bits per heavy atom. The SMILES string of the molecule is CN=C(NCc1ccco1)N1CCC(CSc2ccccc2)C1. The minimum absolute atomic E-state index is 0.680. The third kappa shape index (κ3) is 4.55. The van der Waals surface area contributed by atoms with E-state index in [0.717, 1.165) is 30.6 Å². The number of thioether (sulfide) groups is 1. The normalized spacial score (nSPS) is 18.4. The van der Waals surface area contributed by atoms with Crippen molar-refractivity contribution in [1.29, 1.82) is 0 Å². The summed E-state index contributed by atoms with van der Waals surface area (Å²) in [4.78, 5) is 8.10. The first-order valence-electron chi connectivity index (χ1n) is 8.01. The Kier molecular flexibility index (Phi) is 5.64. The molecule has 1 saturated heterocycles. The average molecular weight is 329 g/mol. The molecule has 1 atom stereocenters. The van der Waals surface area contributed by atoms with Crippen molar-refractivity contribution in [2.45, 2.75) is 17.9 Å². The summed E-state index contributed by atoms with van der Waals surface area (Å²) in [5, 5.41) is 3.38. The second kappa shape index (κ2) is 8.11. The Morgan fingerprint density at radius 2 is 2.17 bits per heavy atom. The van der Waals surface area contributed by atoms with E-state index in [-0.39, 0.29) is 0 Å². The highest BCUT2D eigenvalue weighted by Gasteiger charge is 2.24. The van der Waals surface area contributed by atoms with Gasteiger partial charge in [0.2, 0.25) is 0 Å². The maximum Gasteiger partial charge on any atom is 0.194 e. The Hall–Kier alpha value is -1.88. The van der Waals surface area contributed by atoms with Crippen LogP contribution in [0.3, 0.4) is 0 Å². The van der Waals surface area contributed by atoms with E-state index >= 15 is 0 Å². The predicted octanol–water partition coefficient (Wildman–Crippen LogP) is 3.47. The number of furan rings is 1. The number of hydrogen-bond acceptors (Lipinski definition) is 3. The van der Waals surface area contributed by atoms with Crippen LogP contribution in [0, 0.1) is 5.92 Å². The quantitative estimate of drug-likeness (QED) is 0.518. The summed E-state index contributed by atoms with van der Waals surface area (Å²) in [6.07, 6.45) is 2.92. The Morgan fingerprint density at radius 1 is 1.30 bits per heavy atom. The lowest BCUT2D eigenvalue weighted by Gasteiger charge is -2.21. The second-order valence-electron chi connectivity index (χ2n) is 5.70. The lowest BCUT2D eigenvalue weighted by Crippen LogP contribution is -2.39. The van der Waals surface area contributed by atoms with E-state index < -0.39 is 0 Å². The molecule has 122 valence electrons. The van der Waals surface area contributed by atoms with Gasteiger partial charge in [-0.15, -0.1) is 11.8 Å². The molecule has 1 aliphatic heterocycles. The van der Waals surface area contributed by atoms with E-state index in [1.807, 2.05) is 30.9 Å². The summed E-state index contributed by atoms with van der Waals surface area (Å²) in [6, 6.07) is 14.5. The van der Waals surface area contributed by atoms with Gasteiger partial charge in [-0.1, -0.05) is 18.2 Å². The molecule has 1 unspecified atom stereocenters. The molecule has 1 aromatic carbocycles. The van der Waals surface area contributed by atoms with E-state index in [1.165, 1.54) is 11.3 Å². The van der Waals surface area contributed by atoms with E-state index in [9.17, 15) is 0 Å². The van der Waals surface area contributed by atoms with Crippen LogP contribution in [0.5, 0.6) is 0 Å². The summed E-state index contributed by atoms with van der Waals surface area (Å²) < 4.78 is 5.36. The first-order chi connectivity index (χ1) is 11.3. The molecule has 0 amide bonds. The van der Waals surface area contributed by atoms with Crippen molar-refractivity contribution in [1.82, 2.24) is 10.2 Å². The van der Waals surface area contributed by atoms with Crippen molar-refractivity contribution in [3.63, 3.8) is 0 Å². The van der Waals surface area contributed by atoms with Gasteiger partial charge in [0.15, 0.2) is 5.96 Å². The number of nitrogens with zero attached hydrogens (tertiary/aromatic N) is 2. The summed E-state index contributed by atoms with van der Waals surface area (Å²) in [7, 11) is 1.84. The summed E-state index contributed by atoms with van der Waals surface area (Å²) in [5.74, 6) is 3.77. The van der Waals surface area contributed by atoms with E-state index in [2.05, 4.69) is 45.5 Å². The molecule has 5 heteroatoms. The molecule has 1 N–H and O–H groups in total. The summed E-state index contributed by atoms with van der Waals surface area (Å²) >= 11 is 1.95. The number of aliphatic imine (C=N–C) groups is 1. The molecule has 0 bridgehead atoms. The lowest BCUT2D eigenvalue weighted by molar-refractivity contribution is 0.458. The van der Waals surface area contributed by atoms with Crippen molar-refractivity contribution < 1.29 is 4.42 Å². The number of hydrogen-bond donors (Lipinski definition) is 1. The highest BCUT2D eigenvalue weighted by Crippen LogP contribution is 2.25. The third-order valence-electron chi connectivity index (χ3n) is 4.03. The molecule has 0 saturated carbocycles. The third-order valence-corrected chi connectivity index (χ3v) is 5.27. The van der Waals surface area contributed by atoms with Crippen molar-refractivity contribution in [3.05, 3.63) is 54.5 Å². The molecule has 0 spiro atoms. The zero-order valence-corrected chi connectivity index (χ0v) is 14.3. The molecule has 23 heavy (non-hydrogen) atoms. The highest BCUT2D eigenvalue weighted by molar-refractivity contribution is 7.99. The van der Waals surface area contributed by atoms with Crippen molar-refractivity contribution in [2.24, 2.45) is 10.9 Å². The molecule has 3 rings (SSSR count). The van der Waals surface area contributed by atoms with Crippen molar-refractivity contribution in [2.75, 3.05) is 25.9 Å². The average Bonchev–Trinajstić information content (AvgIpc) is 3.26. The van der Waals surface area contributed by atoms with Crippen LogP contribution in [0.15, 0.2) is 63.0 Å². The van der Waals surface area contributed by atoms with Gasteiger partial charge in [0.05, 0.1) is 12.8 Å². The van der Waals surface area contributed by atoms with Crippen molar-refractivity contribution in [3.8, 4) is 0 Å². The van der Waals surface area contributed by atoms with Crippen LogP contribution in [0.2, 0.25) is 0 Å². The van der Waals surface area contributed by atoms with Gasteiger partial charge in [-0.3, -0.25) is 4.99 Å². The van der Waals surface area contributed by atoms with Crippen LogP contribution in [0.4, 0.5) is 0 Å². The van der Waals surface area contributed by atoms with E-state index in [1.54, 1.807) is 6.26 Å². The monoisotopic (exact) mass is 329 g/mol. The maximum atomic E-state index is 5.36. The van der Waals surface area contributed by atoms with Crippen LogP contribution in [0.25, 0.3) is 0 Å². The van der Waals surface area contributed by atoms with Crippen LogP contribution >= 0.6 is 11.8 Å². The number of rotatable bonds is 5. The fraction of sp³-hybridized carbons (Fsp3) is 0.389. The van der Waals surface area contributed by atoms with Gasteiger partial charge in [-0.05, 0) is 36.6 Å². The van der Waals surface area contributed by atoms with E-state index in [4.69, 9.17) is 4.42 Å². The van der Waals surface area contributed by atoms with Gasteiger partial charge in [0.25, 0.3) is 0 Å². The molecule has 0 aliphatic carbocycles. The Bertz CT molecular complexity index is 612. The van der Waals surface area contributed by atoms with Crippen LogP contribution in [0.1, 0.15) is 12.2 Å². The predicted molar refractivity (Wildman–Crippen MR) is 95.8 cm³/mol. The fourth-order valence-corrected chi connectivity index (χ4v) is 3.85. The molecule has 1 aliphatic rings.